The molecule has 1 aromatic carbocycles. The highest BCUT2D eigenvalue weighted by atomic mass is 79.9. The van der Waals surface area contributed by atoms with Crippen LogP contribution in [0.25, 0.3) is 0 Å². The molecule has 1 aliphatic rings. The van der Waals surface area contributed by atoms with E-state index in [4.69, 9.17) is 11.6 Å². The van der Waals surface area contributed by atoms with E-state index in [-0.39, 0.29) is 0 Å². The predicted octanol–water partition coefficient (Wildman–Crippen LogP) is 3.53. The molecule has 4 heteroatoms. The standard InChI is InChI=1S/C14H20BrClN2/c1-2-18-6-5-11(10-18)8-17-9-12-3-4-13(16)7-14(12)15/h3-4,7,11,17H,2,5-6,8-10H2,1H3. The quantitative estimate of drug-likeness (QED) is 0.888. The van der Waals surface area contributed by atoms with Crippen molar-refractivity contribution in [2.75, 3.05) is 26.2 Å². The minimum absolute atomic E-state index is 0.778. The molecule has 1 unspecified atom stereocenters. The van der Waals surface area contributed by atoms with Gasteiger partial charge in [0.25, 0.3) is 0 Å². The summed E-state index contributed by atoms with van der Waals surface area (Å²) in [4.78, 5) is 2.52. The Labute approximate surface area is 123 Å². The molecule has 100 valence electrons. The first-order valence-corrected chi connectivity index (χ1v) is 7.73. The smallest absolute Gasteiger partial charge is 0.0417 e. The molecule has 1 fully saturated rings. The Morgan fingerprint density at radius 1 is 1.50 bits per heavy atom. The van der Waals surface area contributed by atoms with E-state index in [1.54, 1.807) is 0 Å². The monoisotopic (exact) mass is 330 g/mol. The van der Waals surface area contributed by atoms with Crippen molar-refractivity contribution in [2.45, 2.75) is 19.9 Å². The summed E-state index contributed by atoms with van der Waals surface area (Å²) in [5.74, 6) is 0.802. The molecule has 18 heavy (non-hydrogen) atoms. The maximum Gasteiger partial charge on any atom is 0.0417 e. The summed E-state index contributed by atoms with van der Waals surface area (Å²) in [6.45, 7) is 7.92. The molecule has 0 aromatic heterocycles. The summed E-state index contributed by atoms with van der Waals surface area (Å²) in [5, 5.41) is 4.33. The number of halogens is 2. The van der Waals surface area contributed by atoms with Crippen LogP contribution in [-0.4, -0.2) is 31.1 Å². The molecule has 0 radical (unpaired) electrons. The van der Waals surface area contributed by atoms with Crippen LogP contribution in [0, 0.1) is 5.92 Å². The lowest BCUT2D eigenvalue weighted by Gasteiger charge is -2.14. The second kappa shape index (κ2) is 6.90. The van der Waals surface area contributed by atoms with Crippen LogP contribution in [0.4, 0.5) is 0 Å². The lowest BCUT2D eigenvalue weighted by atomic mass is 10.1. The Morgan fingerprint density at radius 2 is 2.33 bits per heavy atom. The molecule has 2 nitrogen and oxygen atoms in total. The molecule has 0 saturated carbocycles. The van der Waals surface area contributed by atoms with Gasteiger partial charge in [0.15, 0.2) is 0 Å². The first-order valence-electron chi connectivity index (χ1n) is 6.56. The SMILES string of the molecule is CCN1CCC(CNCc2ccc(Cl)cc2Br)C1. The molecular weight excluding hydrogens is 312 g/mol. The van der Waals surface area contributed by atoms with Gasteiger partial charge in [-0.25, -0.2) is 0 Å². The Morgan fingerprint density at radius 3 is 3.00 bits per heavy atom. The fraction of sp³-hybridized carbons (Fsp3) is 0.571. The molecule has 1 heterocycles. The number of nitrogens with zero attached hydrogens (tertiary/aromatic N) is 1. The van der Waals surface area contributed by atoms with Crippen molar-refractivity contribution >= 4 is 27.5 Å². The molecule has 0 spiro atoms. The van der Waals surface area contributed by atoms with Crippen molar-refractivity contribution in [3.05, 3.63) is 33.3 Å². The molecule has 1 aromatic rings. The normalized spacial score (nSPS) is 20.5. The van der Waals surface area contributed by atoms with Gasteiger partial charge in [0.2, 0.25) is 0 Å². The second-order valence-electron chi connectivity index (χ2n) is 4.91. The first kappa shape index (κ1) is 14.3. The minimum Gasteiger partial charge on any atom is -0.312 e. The Balaban J connectivity index is 1.75. The topological polar surface area (TPSA) is 15.3 Å². The summed E-state index contributed by atoms with van der Waals surface area (Å²) in [6.07, 6.45) is 1.32. The van der Waals surface area contributed by atoms with Crippen molar-refractivity contribution in [3.63, 3.8) is 0 Å². The number of likely N-dealkylation sites (tertiary alicyclic amines) is 1. The summed E-state index contributed by atoms with van der Waals surface area (Å²) in [7, 11) is 0. The minimum atomic E-state index is 0.778. The summed E-state index contributed by atoms with van der Waals surface area (Å²) >= 11 is 9.48. The van der Waals surface area contributed by atoms with Crippen molar-refractivity contribution in [1.29, 1.82) is 0 Å². The highest BCUT2D eigenvalue weighted by Gasteiger charge is 2.20. The van der Waals surface area contributed by atoms with Gasteiger partial charge < -0.3 is 10.2 Å². The Kier molecular flexibility index (Phi) is 5.49. The van der Waals surface area contributed by atoms with E-state index in [1.165, 1.54) is 31.6 Å². The molecule has 0 amide bonds. The van der Waals surface area contributed by atoms with Crippen LogP contribution in [0.3, 0.4) is 0 Å². The molecule has 1 atom stereocenters. The molecule has 1 saturated heterocycles. The van der Waals surface area contributed by atoms with Crippen LogP contribution in [0.1, 0.15) is 18.9 Å². The third-order valence-corrected chi connectivity index (χ3v) is 4.55. The van der Waals surface area contributed by atoms with Gasteiger partial charge in [0.1, 0.15) is 0 Å². The van der Waals surface area contributed by atoms with E-state index in [0.29, 0.717) is 0 Å². The van der Waals surface area contributed by atoms with Crippen molar-refractivity contribution < 1.29 is 0 Å². The van der Waals surface area contributed by atoms with Crippen molar-refractivity contribution in [3.8, 4) is 0 Å². The van der Waals surface area contributed by atoms with Gasteiger partial charge in [-0.05, 0) is 49.7 Å². The molecule has 2 rings (SSSR count). The predicted molar refractivity (Wildman–Crippen MR) is 81.1 cm³/mol. The third kappa shape index (κ3) is 3.95. The summed E-state index contributed by atoms with van der Waals surface area (Å²) in [6, 6.07) is 5.97. The van der Waals surface area contributed by atoms with Crippen LogP contribution in [0.15, 0.2) is 22.7 Å². The van der Waals surface area contributed by atoms with Crippen LogP contribution < -0.4 is 5.32 Å². The van der Waals surface area contributed by atoms with Crippen LogP contribution in [-0.2, 0) is 6.54 Å². The van der Waals surface area contributed by atoms with Crippen LogP contribution >= 0.6 is 27.5 Å². The lowest BCUT2D eigenvalue weighted by Crippen LogP contribution is -2.26. The summed E-state index contributed by atoms with van der Waals surface area (Å²) < 4.78 is 1.09. The molecule has 1 N–H and O–H groups in total. The van der Waals surface area contributed by atoms with Gasteiger partial charge in [0.05, 0.1) is 0 Å². The number of hydrogen-bond acceptors (Lipinski definition) is 2. The van der Waals surface area contributed by atoms with Gasteiger partial charge in [0, 0.05) is 22.6 Å². The van der Waals surface area contributed by atoms with E-state index >= 15 is 0 Å². The van der Waals surface area contributed by atoms with Gasteiger partial charge in [-0.2, -0.15) is 0 Å². The summed E-state index contributed by atoms with van der Waals surface area (Å²) in [5.41, 5.74) is 1.27. The number of benzene rings is 1. The van der Waals surface area contributed by atoms with E-state index < -0.39 is 0 Å². The lowest BCUT2D eigenvalue weighted by molar-refractivity contribution is 0.339. The van der Waals surface area contributed by atoms with Gasteiger partial charge in [-0.15, -0.1) is 0 Å². The first-order chi connectivity index (χ1) is 8.69. The van der Waals surface area contributed by atoms with E-state index in [1.807, 2.05) is 12.1 Å². The average Bonchev–Trinajstić information content (AvgIpc) is 2.80. The number of hydrogen-bond donors (Lipinski definition) is 1. The highest BCUT2D eigenvalue weighted by molar-refractivity contribution is 9.10. The Bertz CT molecular complexity index is 397. The van der Waals surface area contributed by atoms with Gasteiger partial charge >= 0.3 is 0 Å². The largest absolute Gasteiger partial charge is 0.312 e. The van der Waals surface area contributed by atoms with Gasteiger partial charge in [-0.1, -0.05) is 40.5 Å². The van der Waals surface area contributed by atoms with Crippen LogP contribution in [0.5, 0.6) is 0 Å². The van der Waals surface area contributed by atoms with E-state index in [9.17, 15) is 0 Å². The van der Waals surface area contributed by atoms with Crippen molar-refractivity contribution in [2.24, 2.45) is 5.92 Å². The molecule has 1 aliphatic heterocycles. The second-order valence-corrected chi connectivity index (χ2v) is 6.21. The van der Waals surface area contributed by atoms with E-state index in [2.05, 4.69) is 39.1 Å². The molecular formula is C14H20BrClN2. The zero-order chi connectivity index (χ0) is 13.0. The highest BCUT2D eigenvalue weighted by Crippen LogP contribution is 2.21. The van der Waals surface area contributed by atoms with Gasteiger partial charge in [-0.3, -0.25) is 0 Å². The zero-order valence-corrected chi connectivity index (χ0v) is 13.1. The number of nitrogens with one attached hydrogen (secondary N) is 1. The maximum atomic E-state index is 5.93. The average molecular weight is 332 g/mol. The van der Waals surface area contributed by atoms with Crippen LogP contribution in [0.2, 0.25) is 5.02 Å². The Hall–Kier alpha value is -0.0900. The van der Waals surface area contributed by atoms with E-state index in [0.717, 1.165) is 28.5 Å². The fourth-order valence-corrected chi connectivity index (χ4v) is 3.27. The van der Waals surface area contributed by atoms with Crippen molar-refractivity contribution in [1.82, 2.24) is 10.2 Å². The fourth-order valence-electron chi connectivity index (χ4n) is 2.44. The maximum absolute atomic E-state index is 5.93. The molecule has 0 aliphatic carbocycles. The molecule has 0 bridgehead atoms. The zero-order valence-electron chi connectivity index (χ0n) is 10.8. The third-order valence-electron chi connectivity index (χ3n) is 3.58. The number of rotatable bonds is 5.